The second kappa shape index (κ2) is 7.71. The van der Waals surface area contributed by atoms with Gasteiger partial charge in [0.05, 0.1) is 16.1 Å². The number of benzene rings is 3. The molecule has 4 rings (SSSR count). The summed E-state index contributed by atoms with van der Waals surface area (Å²) in [5, 5.41) is 11.3. The number of primary sulfonamides is 1. The van der Waals surface area contributed by atoms with E-state index in [9.17, 15) is 16.8 Å². The van der Waals surface area contributed by atoms with E-state index in [-0.39, 0.29) is 16.5 Å². The Kier molecular flexibility index (Phi) is 5.19. The van der Waals surface area contributed by atoms with Gasteiger partial charge in [-0.15, -0.1) is 0 Å². The molecule has 31 heavy (non-hydrogen) atoms. The molecule has 0 saturated carbocycles. The fourth-order valence-electron chi connectivity index (χ4n) is 3.14. The number of anilines is 2. The highest BCUT2D eigenvalue weighted by Gasteiger charge is 2.24. The lowest BCUT2D eigenvalue weighted by Crippen LogP contribution is -2.34. The fourth-order valence-corrected chi connectivity index (χ4v) is 4.39. The molecule has 0 atom stereocenters. The molecule has 0 aliphatic carbocycles. The van der Waals surface area contributed by atoms with Crippen molar-refractivity contribution in [1.82, 2.24) is 9.97 Å². The van der Waals surface area contributed by atoms with E-state index in [0.29, 0.717) is 10.9 Å². The maximum Gasteiger partial charge on any atom is 0.305 e. The van der Waals surface area contributed by atoms with Gasteiger partial charge in [-0.1, -0.05) is 48.5 Å². The molecule has 0 aliphatic heterocycles. The molecule has 0 spiro atoms. The molecule has 3 aromatic carbocycles. The molecule has 0 bridgehead atoms. The molecular weight excluding hydrogens is 438 g/mol. The van der Waals surface area contributed by atoms with Crippen molar-refractivity contribution in [2.45, 2.75) is 4.90 Å². The number of sulfonamides is 1. The van der Waals surface area contributed by atoms with E-state index in [4.69, 9.17) is 10.3 Å². The first kappa shape index (κ1) is 20.9. The van der Waals surface area contributed by atoms with Gasteiger partial charge in [-0.25, -0.2) is 28.7 Å². The van der Waals surface area contributed by atoms with Crippen molar-refractivity contribution in [3.63, 3.8) is 0 Å². The highest BCUT2D eigenvalue weighted by Crippen LogP contribution is 2.31. The zero-order valence-corrected chi connectivity index (χ0v) is 17.6. The van der Waals surface area contributed by atoms with Gasteiger partial charge in [0, 0.05) is 17.1 Å². The average molecular weight is 456 g/mol. The first-order chi connectivity index (χ1) is 14.6. The molecule has 0 saturated heterocycles. The Bertz CT molecular complexity index is 1470. The normalized spacial score (nSPS) is 12.1. The number of para-hydroxylation sites is 1. The zero-order chi connectivity index (χ0) is 22.2. The number of fused-ring (bicyclic) bond motifs is 1. The minimum absolute atomic E-state index is 0.0615. The van der Waals surface area contributed by atoms with Crippen LogP contribution >= 0.6 is 0 Å². The van der Waals surface area contributed by atoms with Gasteiger partial charge in [0.15, 0.2) is 0 Å². The van der Waals surface area contributed by atoms with Gasteiger partial charge in [0.25, 0.3) is 0 Å². The summed E-state index contributed by atoms with van der Waals surface area (Å²) in [5.74, 6) is -0.179. The summed E-state index contributed by atoms with van der Waals surface area (Å²) >= 11 is 0. The Morgan fingerprint density at radius 3 is 2.06 bits per heavy atom. The Hall–Kier alpha value is -3.38. The van der Waals surface area contributed by atoms with Gasteiger partial charge in [-0.05, 0) is 29.8 Å². The SMILES string of the molecule is NS(=O)(=O)c1ccc(N(c2ncc3cccc(-c4ccccc4)c3n2)S(N)(=O)=O)cc1. The van der Waals surface area contributed by atoms with Crippen LogP contribution in [0.2, 0.25) is 0 Å². The van der Waals surface area contributed by atoms with Crippen molar-refractivity contribution in [2.24, 2.45) is 10.3 Å². The summed E-state index contributed by atoms with van der Waals surface area (Å²) in [4.78, 5) is 8.48. The van der Waals surface area contributed by atoms with E-state index < -0.39 is 20.2 Å². The van der Waals surface area contributed by atoms with Crippen LogP contribution in [-0.4, -0.2) is 26.8 Å². The summed E-state index contributed by atoms with van der Waals surface area (Å²) in [5.41, 5.74) is 2.29. The third kappa shape index (κ3) is 4.25. The van der Waals surface area contributed by atoms with Crippen molar-refractivity contribution in [3.05, 3.63) is 79.0 Å². The highest BCUT2D eigenvalue weighted by atomic mass is 32.2. The zero-order valence-electron chi connectivity index (χ0n) is 16.0. The van der Waals surface area contributed by atoms with Crippen molar-refractivity contribution in [1.29, 1.82) is 0 Å². The molecule has 9 nitrogen and oxygen atoms in total. The minimum Gasteiger partial charge on any atom is -0.225 e. The minimum atomic E-state index is -4.34. The lowest BCUT2D eigenvalue weighted by molar-refractivity contribution is 0.596. The van der Waals surface area contributed by atoms with Crippen LogP contribution in [0, 0.1) is 0 Å². The maximum atomic E-state index is 12.4. The van der Waals surface area contributed by atoms with Gasteiger partial charge in [0.2, 0.25) is 16.0 Å². The highest BCUT2D eigenvalue weighted by molar-refractivity contribution is 7.91. The smallest absolute Gasteiger partial charge is 0.225 e. The van der Waals surface area contributed by atoms with E-state index in [1.165, 1.54) is 30.5 Å². The third-order valence-electron chi connectivity index (χ3n) is 4.52. The van der Waals surface area contributed by atoms with Crippen LogP contribution in [0.3, 0.4) is 0 Å². The van der Waals surface area contributed by atoms with Gasteiger partial charge >= 0.3 is 10.2 Å². The number of hydrogen-bond acceptors (Lipinski definition) is 6. The molecule has 158 valence electrons. The second-order valence-electron chi connectivity index (χ2n) is 6.63. The second-order valence-corrected chi connectivity index (χ2v) is 9.58. The molecule has 4 aromatic rings. The van der Waals surface area contributed by atoms with Gasteiger partial charge in [-0.2, -0.15) is 12.7 Å². The topological polar surface area (TPSA) is 149 Å². The largest absolute Gasteiger partial charge is 0.305 e. The van der Waals surface area contributed by atoms with Crippen LogP contribution in [-0.2, 0) is 20.2 Å². The monoisotopic (exact) mass is 455 g/mol. The van der Waals surface area contributed by atoms with Crippen LogP contribution < -0.4 is 14.6 Å². The molecule has 0 aliphatic rings. The maximum absolute atomic E-state index is 12.4. The molecule has 4 N–H and O–H groups in total. The molecule has 1 aromatic heterocycles. The Morgan fingerprint density at radius 1 is 0.774 bits per heavy atom. The van der Waals surface area contributed by atoms with Crippen molar-refractivity contribution >= 4 is 42.8 Å². The molecule has 0 radical (unpaired) electrons. The Balaban J connectivity index is 1.90. The van der Waals surface area contributed by atoms with Crippen LogP contribution in [0.5, 0.6) is 0 Å². The molecule has 0 unspecified atom stereocenters. The lowest BCUT2D eigenvalue weighted by Gasteiger charge is -2.20. The molecule has 0 fully saturated rings. The standard InChI is InChI=1S/C20H17N5O4S2/c21-30(26,27)17-11-9-16(10-12-17)25(31(22,28)29)20-23-13-15-7-4-8-18(19(15)24-20)14-5-2-1-3-6-14/h1-13H,(H2,21,26,27)(H2,22,28,29). The first-order valence-corrected chi connectivity index (χ1v) is 12.0. The van der Waals surface area contributed by atoms with Crippen LogP contribution in [0.4, 0.5) is 11.6 Å². The van der Waals surface area contributed by atoms with Gasteiger partial charge < -0.3 is 0 Å². The van der Waals surface area contributed by atoms with E-state index >= 15 is 0 Å². The lowest BCUT2D eigenvalue weighted by atomic mass is 10.0. The molecule has 0 amide bonds. The summed E-state index contributed by atoms with van der Waals surface area (Å²) in [7, 11) is -8.28. The summed E-state index contributed by atoms with van der Waals surface area (Å²) < 4.78 is 48.5. The predicted octanol–water partition coefficient (Wildman–Crippen LogP) is 2.29. The van der Waals surface area contributed by atoms with Crippen LogP contribution in [0.25, 0.3) is 22.0 Å². The fraction of sp³-hybridized carbons (Fsp3) is 0. The van der Waals surface area contributed by atoms with E-state index in [2.05, 4.69) is 9.97 Å². The Morgan fingerprint density at radius 2 is 1.45 bits per heavy atom. The first-order valence-electron chi connectivity index (χ1n) is 8.92. The molecule has 11 heteroatoms. The van der Waals surface area contributed by atoms with Crippen molar-refractivity contribution < 1.29 is 16.8 Å². The van der Waals surface area contributed by atoms with Crippen LogP contribution in [0.15, 0.2) is 83.9 Å². The van der Waals surface area contributed by atoms with Crippen molar-refractivity contribution in [3.8, 4) is 11.1 Å². The number of aromatic nitrogens is 2. The molecular formula is C20H17N5O4S2. The van der Waals surface area contributed by atoms with Gasteiger partial charge in [-0.3, -0.25) is 0 Å². The number of hydrogen-bond donors (Lipinski definition) is 2. The Labute approximate surface area is 179 Å². The predicted molar refractivity (Wildman–Crippen MR) is 118 cm³/mol. The summed E-state index contributed by atoms with van der Waals surface area (Å²) in [6.07, 6.45) is 1.50. The number of nitrogens with two attached hydrogens (primary N) is 2. The molecule has 1 heterocycles. The van der Waals surface area contributed by atoms with Crippen LogP contribution in [0.1, 0.15) is 0 Å². The third-order valence-corrected chi connectivity index (χ3v) is 6.33. The average Bonchev–Trinajstić information content (AvgIpc) is 2.73. The summed E-state index contributed by atoms with van der Waals surface area (Å²) in [6, 6.07) is 19.9. The quantitative estimate of drug-likeness (QED) is 0.471. The van der Waals surface area contributed by atoms with E-state index in [0.717, 1.165) is 15.4 Å². The summed E-state index contributed by atoms with van der Waals surface area (Å²) in [6.45, 7) is 0. The number of rotatable bonds is 5. The number of nitrogens with zero attached hydrogens (tertiary/aromatic N) is 3. The van der Waals surface area contributed by atoms with E-state index in [1.807, 2.05) is 48.5 Å². The van der Waals surface area contributed by atoms with Crippen molar-refractivity contribution in [2.75, 3.05) is 4.31 Å². The van der Waals surface area contributed by atoms with E-state index in [1.54, 1.807) is 0 Å². The van der Waals surface area contributed by atoms with Gasteiger partial charge in [0.1, 0.15) is 0 Å².